The number of benzene rings is 2. The van der Waals surface area contributed by atoms with Crippen molar-refractivity contribution < 1.29 is 27.6 Å². The number of hydrogen-bond donors (Lipinski definition) is 1. The fourth-order valence-electron chi connectivity index (χ4n) is 3.11. The number of sulfonamides is 1. The number of amides is 1. The lowest BCUT2D eigenvalue weighted by Crippen LogP contribution is -2.28. The summed E-state index contributed by atoms with van der Waals surface area (Å²) in [4.78, 5) is 22.8. The second kappa shape index (κ2) is 9.50. The van der Waals surface area contributed by atoms with Crippen LogP contribution in [0.25, 0.3) is 0 Å². The minimum Gasteiger partial charge on any atom is -0.495 e. The first-order chi connectivity index (χ1) is 14.7. The Bertz CT molecular complexity index is 1100. The highest BCUT2D eigenvalue weighted by Crippen LogP contribution is 2.32. The van der Waals surface area contributed by atoms with Gasteiger partial charge in [-0.3, -0.25) is 14.9 Å². The van der Waals surface area contributed by atoms with E-state index in [1.54, 1.807) is 12.1 Å². The molecule has 10 nitrogen and oxygen atoms in total. The summed E-state index contributed by atoms with van der Waals surface area (Å²) in [6.07, 6.45) is 1.49. The van der Waals surface area contributed by atoms with Gasteiger partial charge in [0, 0.05) is 24.2 Å². The van der Waals surface area contributed by atoms with Gasteiger partial charge in [-0.2, -0.15) is 4.31 Å². The highest BCUT2D eigenvalue weighted by molar-refractivity contribution is 7.89. The summed E-state index contributed by atoms with van der Waals surface area (Å²) in [5, 5.41) is 14.4. The fraction of sp³-hybridized carbons (Fsp3) is 0.316. The minimum atomic E-state index is -3.83. The molecular formula is C19H20ClN3O7S. The molecule has 1 aliphatic rings. The number of nitro benzene ring substituents is 1. The van der Waals surface area contributed by atoms with Crippen LogP contribution in [0.4, 0.5) is 11.4 Å². The van der Waals surface area contributed by atoms with Gasteiger partial charge in [0.05, 0.1) is 22.6 Å². The Labute approximate surface area is 183 Å². The maximum Gasteiger partial charge on any atom is 0.312 e. The Balaban J connectivity index is 1.75. The Morgan fingerprint density at radius 2 is 1.87 bits per heavy atom. The van der Waals surface area contributed by atoms with E-state index < -0.39 is 33.1 Å². The highest BCUT2D eigenvalue weighted by atomic mass is 35.5. The second-order valence-corrected chi connectivity index (χ2v) is 9.05. The second-order valence-electron chi connectivity index (χ2n) is 6.68. The third-order valence-corrected chi connectivity index (χ3v) is 6.75. The summed E-state index contributed by atoms with van der Waals surface area (Å²) in [5.74, 6) is -0.456. The van der Waals surface area contributed by atoms with Gasteiger partial charge in [0.2, 0.25) is 10.0 Å². The highest BCUT2D eigenvalue weighted by Gasteiger charge is 2.30. The maximum absolute atomic E-state index is 12.7. The lowest BCUT2D eigenvalue weighted by Gasteiger charge is -2.16. The maximum atomic E-state index is 12.7. The van der Waals surface area contributed by atoms with E-state index in [0.717, 1.165) is 18.9 Å². The Morgan fingerprint density at radius 1 is 1.19 bits per heavy atom. The van der Waals surface area contributed by atoms with Crippen LogP contribution in [0.15, 0.2) is 41.3 Å². The van der Waals surface area contributed by atoms with E-state index in [0.29, 0.717) is 29.5 Å². The van der Waals surface area contributed by atoms with Gasteiger partial charge in [-0.25, -0.2) is 8.42 Å². The van der Waals surface area contributed by atoms with Gasteiger partial charge >= 0.3 is 5.69 Å². The molecule has 1 heterocycles. The summed E-state index contributed by atoms with van der Waals surface area (Å²) in [6.45, 7) is 0.206. The molecule has 0 aromatic heterocycles. The van der Waals surface area contributed by atoms with Crippen LogP contribution in [-0.4, -0.2) is 50.4 Å². The standard InChI is InChI=1S/C19H20ClN3O7S/c1-29-17-6-4-13(20)10-15(17)21-19(24)12-30-18-7-5-14(11-16(18)23(25)26)31(27,28)22-8-2-3-9-22/h4-7,10-11H,2-3,8-9,12H2,1H3,(H,21,24). The van der Waals surface area contributed by atoms with Crippen LogP contribution in [0.2, 0.25) is 5.02 Å². The number of carbonyl (C=O) groups is 1. The molecular weight excluding hydrogens is 450 g/mol. The smallest absolute Gasteiger partial charge is 0.312 e. The normalized spacial score (nSPS) is 14.3. The first kappa shape index (κ1) is 22.8. The van der Waals surface area contributed by atoms with E-state index in [9.17, 15) is 23.3 Å². The van der Waals surface area contributed by atoms with E-state index >= 15 is 0 Å². The third kappa shape index (κ3) is 5.24. The van der Waals surface area contributed by atoms with Crippen molar-refractivity contribution in [1.82, 2.24) is 4.31 Å². The molecule has 1 aliphatic heterocycles. The number of halogens is 1. The van der Waals surface area contributed by atoms with Crippen molar-refractivity contribution >= 4 is 38.9 Å². The molecule has 0 bridgehead atoms. The molecule has 0 atom stereocenters. The summed E-state index contributed by atoms with van der Waals surface area (Å²) in [6, 6.07) is 8.00. The number of nitro groups is 1. The SMILES string of the molecule is COc1ccc(Cl)cc1NC(=O)COc1ccc(S(=O)(=O)N2CCCC2)cc1[N+](=O)[O-]. The van der Waals surface area contributed by atoms with Crippen LogP contribution in [-0.2, 0) is 14.8 Å². The number of ether oxygens (including phenoxy) is 2. The van der Waals surface area contributed by atoms with Crippen LogP contribution in [0.1, 0.15) is 12.8 Å². The lowest BCUT2D eigenvalue weighted by atomic mass is 10.3. The molecule has 0 spiro atoms. The molecule has 166 valence electrons. The van der Waals surface area contributed by atoms with Gasteiger partial charge in [-0.1, -0.05) is 11.6 Å². The number of carbonyl (C=O) groups excluding carboxylic acids is 1. The largest absolute Gasteiger partial charge is 0.495 e. The Morgan fingerprint density at radius 3 is 2.52 bits per heavy atom. The number of nitrogens with zero attached hydrogens (tertiary/aromatic N) is 2. The number of rotatable bonds is 8. The topological polar surface area (TPSA) is 128 Å². The molecule has 0 unspecified atom stereocenters. The van der Waals surface area contributed by atoms with Gasteiger partial charge in [0.1, 0.15) is 5.75 Å². The lowest BCUT2D eigenvalue weighted by molar-refractivity contribution is -0.386. The summed E-state index contributed by atoms with van der Waals surface area (Å²) < 4.78 is 37.0. The first-order valence-electron chi connectivity index (χ1n) is 9.27. The van der Waals surface area contributed by atoms with E-state index in [1.165, 1.54) is 29.6 Å². The van der Waals surface area contributed by atoms with E-state index in [2.05, 4.69) is 5.32 Å². The van der Waals surface area contributed by atoms with Crippen LogP contribution in [0.5, 0.6) is 11.5 Å². The van der Waals surface area contributed by atoms with Crippen molar-refractivity contribution in [1.29, 1.82) is 0 Å². The summed E-state index contributed by atoms with van der Waals surface area (Å²) >= 11 is 5.92. The van der Waals surface area contributed by atoms with Crippen molar-refractivity contribution in [3.8, 4) is 11.5 Å². The molecule has 0 aliphatic carbocycles. The van der Waals surface area contributed by atoms with Crippen molar-refractivity contribution in [2.75, 3.05) is 32.1 Å². The predicted octanol–water partition coefficient (Wildman–Crippen LogP) is 3.06. The van der Waals surface area contributed by atoms with Gasteiger partial charge in [-0.15, -0.1) is 0 Å². The van der Waals surface area contributed by atoms with E-state index in [4.69, 9.17) is 21.1 Å². The van der Waals surface area contributed by atoms with Gasteiger partial charge < -0.3 is 14.8 Å². The van der Waals surface area contributed by atoms with Crippen LogP contribution < -0.4 is 14.8 Å². The summed E-state index contributed by atoms with van der Waals surface area (Å²) in [5.41, 5.74) is -0.237. The Hall–Kier alpha value is -2.89. The molecule has 1 amide bonds. The average Bonchev–Trinajstić information content (AvgIpc) is 3.28. The van der Waals surface area contributed by atoms with Crippen molar-refractivity contribution in [3.05, 3.63) is 51.5 Å². The molecule has 12 heteroatoms. The summed E-state index contributed by atoms with van der Waals surface area (Å²) in [7, 11) is -2.40. The quantitative estimate of drug-likeness (QED) is 0.464. The number of methoxy groups -OCH3 is 1. The van der Waals surface area contributed by atoms with Crippen LogP contribution >= 0.6 is 11.6 Å². The molecule has 1 N–H and O–H groups in total. The Kier molecular flexibility index (Phi) is 6.98. The van der Waals surface area contributed by atoms with Gasteiger partial charge in [-0.05, 0) is 43.2 Å². The predicted molar refractivity (Wildman–Crippen MR) is 113 cm³/mol. The zero-order valence-electron chi connectivity index (χ0n) is 16.5. The number of hydrogen-bond acceptors (Lipinski definition) is 7. The van der Waals surface area contributed by atoms with Gasteiger partial charge in [0.15, 0.2) is 12.4 Å². The van der Waals surface area contributed by atoms with E-state index in [1.807, 2.05) is 0 Å². The van der Waals surface area contributed by atoms with Gasteiger partial charge in [0.25, 0.3) is 5.91 Å². The minimum absolute atomic E-state index is 0.193. The molecule has 0 saturated carbocycles. The number of nitrogens with one attached hydrogen (secondary N) is 1. The van der Waals surface area contributed by atoms with Crippen LogP contribution in [0, 0.1) is 10.1 Å². The third-order valence-electron chi connectivity index (χ3n) is 4.62. The monoisotopic (exact) mass is 469 g/mol. The molecule has 31 heavy (non-hydrogen) atoms. The molecule has 1 fully saturated rings. The van der Waals surface area contributed by atoms with Crippen LogP contribution in [0.3, 0.4) is 0 Å². The fourth-order valence-corrected chi connectivity index (χ4v) is 4.82. The average molecular weight is 470 g/mol. The van der Waals surface area contributed by atoms with Crippen molar-refractivity contribution in [2.24, 2.45) is 0 Å². The van der Waals surface area contributed by atoms with Crippen molar-refractivity contribution in [2.45, 2.75) is 17.7 Å². The number of anilines is 1. The molecule has 2 aromatic rings. The zero-order chi connectivity index (χ0) is 22.6. The van der Waals surface area contributed by atoms with Crippen molar-refractivity contribution in [3.63, 3.8) is 0 Å². The molecule has 1 saturated heterocycles. The first-order valence-corrected chi connectivity index (χ1v) is 11.1. The molecule has 2 aromatic carbocycles. The zero-order valence-corrected chi connectivity index (χ0v) is 18.1. The molecule has 0 radical (unpaired) electrons. The molecule has 3 rings (SSSR count). The van der Waals surface area contributed by atoms with E-state index in [-0.39, 0.29) is 10.6 Å².